The van der Waals surface area contributed by atoms with Gasteiger partial charge in [0.2, 0.25) is 5.91 Å². The Hall–Kier alpha value is -1.14. The minimum Gasteiger partial charge on any atom is -0.481 e. The van der Waals surface area contributed by atoms with Gasteiger partial charge in [0.1, 0.15) is 0 Å². The standard InChI is InChI=1S/C12H14BrNO3S/c1-2-8(7-12(16)17)14-11(15)6-4-9-3-5-10(13)18-9/h3-6,8H,2,7H2,1H3,(H,14,15)(H,16,17)/b6-4+. The van der Waals surface area contributed by atoms with Crippen LogP contribution in [0.4, 0.5) is 0 Å². The van der Waals surface area contributed by atoms with Gasteiger partial charge in [0, 0.05) is 17.0 Å². The predicted octanol–water partition coefficient (Wildman–Crippen LogP) is 2.89. The molecular weight excluding hydrogens is 318 g/mol. The second kappa shape index (κ2) is 7.33. The second-order valence-corrected chi connectivity index (χ2v) is 6.18. The monoisotopic (exact) mass is 331 g/mol. The third kappa shape index (κ3) is 5.46. The van der Waals surface area contributed by atoms with Gasteiger partial charge in [0.15, 0.2) is 0 Å². The predicted molar refractivity (Wildman–Crippen MR) is 75.5 cm³/mol. The summed E-state index contributed by atoms with van der Waals surface area (Å²) in [6.07, 6.45) is 3.66. The van der Waals surface area contributed by atoms with Crippen molar-refractivity contribution in [3.8, 4) is 0 Å². The Morgan fingerprint density at radius 2 is 2.28 bits per heavy atom. The van der Waals surface area contributed by atoms with Gasteiger partial charge in [-0.1, -0.05) is 6.92 Å². The van der Waals surface area contributed by atoms with E-state index in [4.69, 9.17) is 5.11 Å². The Balaban J connectivity index is 2.49. The number of halogens is 1. The maximum Gasteiger partial charge on any atom is 0.305 e. The molecule has 6 heteroatoms. The summed E-state index contributed by atoms with van der Waals surface area (Å²) >= 11 is 4.86. The lowest BCUT2D eigenvalue weighted by Crippen LogP contribution is -2.34. The van der Waals surface area contributed by atoms with Crippen molar-refractivity contribution in [2.75, 3.05) is 0 Å². The topological polar surface area (TPSA) is 66.4 Å². The molecule has 0 bridgehead atoms. The van der Waals surface area contributed by atoms with Crippen molar-refractivity contribution < 1.29 is 14.7 Å². The number of carbonyl (C=O) groups excluding carboxylic acids is 1. The molecule has 1 rings (SSSR count). The Bertz CT molecular complexity index is 456. The van der Waals surface area contributed by atoms with Crippen molar-refractivity contribution in [2.24, 2.45) is 0 Å². The number of amides is 1. The van der Waals surface area contributed by atoms with Gasteiger partial charge in [0.25, 0.3) is 0 Å². The largest absolute Gasteiger partial charge is 0.481 e. The smallest absolute Gasteiger partial charge is 0.305 e. The summed E-state index contributed by atoms with van der Waals surface area (Å²) in [4.78, 5) is 23.1. The van der Waals surface area contributed by atoms with E-state index in [1.54, 1.807) is 6.08 Å². The summed E-state index contributed by atoms with van der Waals surface area (Å²) in [5.74, 6) is -1.18. The van der Waals surface area contributed by atoms with E-state index in [1.165, 1.54) is 17.4 Å². The molecule has 0 aliphatic rings. The van der Waals surface area contributed by atoms with Crippen LogP contribution in [0.1, 0.15) is 24.6 Å². The molecule has 2 N–H and O–H groups in total. The highest BCUT2D eigenvalue weighted by molar-refractivity contribution is 9.11. The molecule has 1 amide bonds. The quantitative estimate of drug-likeness (QED) is 0.787. The van der Waals surface area contributed by atoms with Gasteiger partial charge in [-0.2, -0.15) is 0 Å². The van der Waals surface area contributed by atoms with Crippen molar-refractivity contribution >= 4 is 45.2 Å². The molecule has 0 spiro atoms. The zero-order chi connectivity index (χ0) is 13.5. The van der Waals surface area contributed by atoms with Gasteiger partial charge in [-0.3, -0.25) is 9.59 Å². The van der Waals surface area contributed by atoms with Crippen LogP contribution in [0.3, 0.4) is 0 Å². The van der Waals surface area contributed by atoms with E-state index in [1.807, 2.05) is 19.1 Å². The Morgan fingerprint density at radius 3 is 2.78 bits per heavy atom. The number of nitrogens with one attached hydrogen (secondary N) is 1. The van der Waals surface area contributed by atoms with Crippen LogP contribution in [0, 0.1) is 0 Å². The molecule has 1 aromatic heterocycles. The number of carboxylic acids is 1. The van der Waals surface area contributed by atoms with Gasteiger partial charge in [0.05, 0.1) is 10.2 Å². The highest BCUT2D eigenvalue weighted by Crippen LogP contribution is 2.22. The summed E-state index contributed by atoms with van der Waals surface area (Å²) in [5.41, 5.74) is 0. The first kappa shape index (κ1) is 14.9. The normalized spacial score (nSPS) is 12.6. The molecule has 0 saturated heterocycles. The zero-order valence-corrected chi connectivity index (χ0v) is 12.3. The maximum atomic E-state index is 11.6. The van der Waals surface area contributed by atoms with Gasteiger partial charge >= 0.3 is 5.97 Å². The fraction of sp³-hybridized carbons (Fsp3) is 0.333. The van der Waals surface area contributed by atoms with Crippen molar-refractivity contribution in [3.63, 3.8) is 0 Å². The number of aliphatic carboxylic acids is 1. The van der Waals surface area contributed by atoms with Crippen molar-refractivity contribution in [1.82, 2.24) is 5.32 Å². The summed E-state index contributed by atoms with van der Waals surface area (Å²) in [6.45, 7) is 1.84. The lowest BCUT2D eigenvalue weighted by atomic mass is 10.1. The van der Waals surface area contributed by atoms with Gasteiger partial charge in [-0.05, 0) is 40.6 Å². The molecule has 1 atom stereocenters. The van der Waals surface area contributed by atoms with Crippen LogP contribution in [-0.4, -0.2) is 23.0 Å². The molecule has 0 saturated carbocycles. The lowest BCUT2D eigenvalue weighted by molar-refractivity contribution is -0.137. The minimum absolute atomic E-state index is 0.0549. The lowest BCUT2D eigenvalue weighted by Gasteiger charge is -2.12. The fourth-order valence-electron chi connectivity index (χ4n) is 1.33. The molecule has 98 valence electrons. The highest BCUT2D eigenvalue weighted by atomic mass is 79.9. The van der Waals surface area contributed by atoms with Gasteiger partial charge < -0.3 is 10.4 Å². The summed E-state index contributed by atoms with van der Waals surface area (Å²) in [6, 6.07) is 3.48. The molecule has 0 aliphatic heterocycles. The number of hydrogen-bond acceptors (Lipinski definition) is 3. The van der Waals surface area contributed by atoms with Crippen molar-refractivity contribution in [2.45, 2.75) is 25.8 Å². The molecule has 4 nitrogen and oxygen atoms in total. The first-order valence-corrected chi connectivity index (χ1v) is 7.08. The van der Waals surface area contributed by atoms with E-state index >= 15 is 0 Å². The molecule has 0 radical (unpaired) electrons. The SMILES string of the molecule is CCC(CC(=O)O)NC(=O)/C=C/c1ccc(Br)s1. The number of carboxylic acid groups (broad SMARTS) is 1. The maximum absolute atomic E-state index is 11.6. The first-order chi connectivity index (χ1) is 8.51. The summed E-state index contributed by atoms with van der Waals surface area (Å²) in [5, 5.41) is 11.3. The van der Waals surface area contributed by atoms with Crippen molar-refractivity contribution in [3.05, 3.63) is 26.9 Å². The van der Waals surface area contributed by atoms with E-state index in [2.05, 4.69) is 21.2 Å². The average Bonchev–Trinajstić information content (AvgIpc) is 2.71. The van der Waals surface area contributed by atoms with Crippen molar-refractivity contribution in [1.29, 1.82) is 0 Å². The number of hydrogen-bond donors (Lipinski definition) is 2. The van der Waals surface area contributed by atoms with Crippen LogP contribution in [0.15, 0.2) is 22.0 Å². The Kier molecular flexibility index (Phi) is 6.07. The molecule has 1 unspecified atom stereocenters. The molecular formula is C12H14BrNO3S. The van der Waals surface area contributed by atoms with E-state index in [0.29, 0.717) is 6.42 Å². The zero-order valence-electron chi connectivity index (χ0n) is 9.85. The molecule has 0 aliphatic carbocycles. The molecule has 1 aromatic rings. The Labute approximate surface area is 118 Å². The van der Waals surface area contributed by atoms with Crippen LogP contribution < -0.4 is 5.32 Å². The summed E-state index contributed by atoms with van der Waals surface area (Å²) < 4.78 is 1.000. The average molecular weight is 332 g/mol. The second-order valence-electron chi connectivity index (χ2n) is 3.69. The van der Waals surface area contributed by atoms with E-state index < -0.39 is 5.97 Å². The Morgan fingerprint density at radius 1 is 1.56 bits per heavy atom. The highest BCUT2D eigenvalue weighted by Gasteiger charge is 2.12. The van der Waals surface area contributed by atoms with E-state index in [0.717, 1.165) is 8.66 Å². The van der Waals surface area contributed by atoms with Crippen LogP contribution in [0.2, 0.25) is 0 Å². The van der Waals surface area contributed by atoms with Crippen LogP contribution in [0.25, 0.3) is 6.08 Å². The first-order valence-electron chi connectivity index (χ1n) is 5.47. The molecule has 0 aromatic carbocycles. The number of thiophene rings is 1. The number of rotatable bonds is 6. The minimum atomic E-state index is -0.909. The third-order valence-corrected chi connectivity index (χ3v) is 3.84. The van der Waals surface area contributed by atoms with E-state index in [-0.39, 0.29) is 18.4 Å². The van der Waals surface area contributed by atoms with Crippen LogP contribution >= 0.6 is 27.3 Å². The third-order valence-electron chi connectivity index (χ3n) is 2.25. The van der Waals surface area contributed by atoms with E-state index in [9.17, 15) is 9.59 Å². The fourth-order valence-corrected chi connectivity index (χ4v) is 2.66. The molecule has 0 fully saturated rings. The number of carbonyl (C=O) groups is 2. The molecule has 18 heavy (non-hydrogen) atoms. The van der Waals surface area contributed by atoms with Crippen LogP contribution in [0.5, 0.6) is 0 Å². The van der Waals surface area contributed by atoms with Gasteiger partial charge in [-0.25, -0.2) is 0 Å². The van der Waals surface area contributed by atoms with Gasteiger partial charge in [-0.15, -0.1) is 11.3 Å². The van der Waals surface area contributed by atoms with Crippen LogP contribution in [-0.2, 0) is 9.59 Å². The molecule has 1 heterocycles. The summed E-state index contributed by atoms with van der Waals surface area (Å²) in [7, 11) is 0.